The van der Waals surface area contributed by atoms with Gasteiger partial charge in [0.15, 0.2) is 0 Å². The van der Waals surface area contributed by atoms with Crippen molar-refractivity contribution in [3.05, 3.63) is 18.7 Å². The van der Waals surface area contributed by atoms with Crippen LogP contribution < -0.4 is 4.23 Å². The lowest BCUT2D eigenvalue weighted by Gasteiger charge is -1.84. The van der Waals surface area contributed by atoms with Crippen LogP contribution in [0.25, 0.3) is 0 Å². The van der Waals surface area contributed by atoms with Crippen LogP contribution in [0.4, 0.5) is 0 Å². The first kappa shape index (κ1) is 5.56. The second kappa shape index (κ2) is 2.67. The van der Waals surface area contributed by atoms with E-state index in [1.165, 1.54) is 6.04 Å². The molecule has 0 saturated heterocycles. The number of hydrogen-bond acceptors (Lipinski definition) is 0. The fourth-order valence-electron chi connectivity index (χ4n) is 0.718. The molecule has 1 N–H and O–H groups in total. The van der Waals surface area contributed by atoms with Crippen LogP contribution in [-0.4, -0.2) is 14.7 Å². The van der Waals surface area contributed by atoms with Crippen molar-refractivity contribution < 1.29 is 4.23 Å². The van der Waals surface area contributed by atoms with Gasteiger partial charge in [-0.15, -0.1) is 0 Å². The minimum absolute atomic E-state index is 0.0266. The fraction of sp³-hybridized carbons (Fsp3) is 0.400. The van der Waals surface area contributed by atoms with Gasteiger partial charge in [0.25, 0.3) is 0 Å². The number of H-pyrrole nitrogens is 1. The van der Waals surface area contributed by atoms with Gasteiger partial charge in [-0.1, -0.05) is 6.92 Å². The third kappa shape index (κ3) is 1.20. The Morgan fingerprint density at radius 2 is 2.62 bits per heavy atom. The Bertz CT molecular complexity index is 136. The van der Waals surface area contributed by atoms with Gasteiger partial charge in [-0.05, 0) is 6.04 Å². The summed E-state index contributed by atoms with van der Waals surface area (Å²) in [5.74, 6) is 0. The minimum atomic E-state index is 0.0266. The summed E-state index contributed by atoms with van der Waals surface area (Å²) in [5, 5.41) is 0. The maximum absolute atomic E-state index is 3.01. The van der Waals surface area contributed by atoms with E-state index in [0.29, 0.717) is 0 Å². The first-order valence-corrected chi connectivity index (χ1v) is 4.58. The molecule has 0 spiro atoms. The zero-order chi connectivity index (χ0) is 5.82. The highest BCUT2D eigenvalue weighted by Gasteiger charge is 1.91. The smallest absolute Gasteiger partial charge is 0.235 e. The first-order valence-electron chi connectivity index (χ1n) is 2.95. The summed E-state index contributed by atoms with van der Waals surface area (Å²) in [5.41, 5.74) is 0. The Labute approximate surface area is 51.5 Å². The number of aromatic amines is 1. The fourth-order valence-corrected chi connectivity index (χ4v) is 1.72. The van der Waals surface area contributed by atoms with Crippen LogP contribution >= 0.6 is 0 Å². The van der Waals surface area contributed by atoms with E-state index in [1.807, 2.05) is 12.5 Å². The minimum Gasteiger partial charge on any atom is -0.293 e. The molecule has 1 heterocycles. The summed E-state index contributed by atoms with van der Waals surface area (Å²) >= 11 is 0. The molecule has 0 aliphatic heterocycles. The van der Waals surface area contributed by atoms with Crippen LogP contribution in [0.1, 0.15) is 6.92 Å². The normalized spacial score (nSPS) is 11.1. The van der Waals surface area contributed by atoms with Gasteiger partial charge in [0.05, 0.1) is 0 Å². The molecule has 0 saturated carbocycles. The highest BCUT2D eigenvalue weighted by molar-refractivity contribution is 6.23. The lowest BCUT2D eigenvalue weighted by molar-refractivity contribution is -0.527. The van der Waals surface area contributed by atoms with E-state index < -0.39 is 0 Å². The first-order chi connectivity index (χ1) is 3.93. The van der Waals surface area contributed by atoms with Gasteiger partial charge in [0.1, 0.15) is 12.4 Å². The molecule has 0 aliphatic rings. The standard InChI is InChI=1S/C5H10N2Si/c1-2-8-7-4-3-6-5-7/h3-5H,2,8H2,1H3/p+1. The summed E-state index contributed by atoms with van der Waals surface area (Å²) in [6.45, 7) is 2.23. The third-order valence-corrected chi connectivity index (χ3v) is 2.44. The van der Waals surface area contributed by atoms with Crippen LogP contribution in [0.5, 0.6) is 0 Å². The number of imidazole rings is 1. The number of nitrogens with zero attached hydrogens (tertiary/aromatic N) is 1. The van der Waals surface area contributed by atoms with E-state index >= 15 is 0 Å². The SMILES string of the molecule is CC[SiH2][n+]1cc[nH]c1. The monoisotopic (exact) mass is 127 g/mol. The van der Waals surface area contributed by atoms with Gasteiger partial charge >= 0.3 is 0 Å². The van der Waals surface area contributed by atoms with E-state index in [1.54, 1.807) is 0 Å². The molecular weight excluding hydrogens is 116 g/mol. The molecule has 0 radical (unpaired) electrons. The Kier molecular flexibility index (Phi) is 1.85. The van der Waals surface area contributed by atoms with Crippen LogP contribution in [-0.2, 0) is 0 Å². The van der Waals surface area contributed by atoms with Gasteiger partial charge in [0.2, 0.25) is 16.0 Å². The second-order valence-electron chi connectivity index (χ2n) is 1.85. The lowest BCUT2D eigenvalue weighted by atomic mass is 11.0. The van der Waals surface area contributed by atoms with Crippen LogP contribution in [0.2, 0.25) is 6.04 Å². The third-order valence-electron chi connectivity index (χ3n) is 1.08. The van der Waals surface area contributed by atoms with Crippen molar-refractivity contribution in [1.82, 2.24) is 4.98 Å². The summed E-state index contributed by atoms with van der Waals surface area (Å²) < 4.78 is 2.26. The Balaban J connectivity index is 2.50. The quantitative estimate of drug-likeness (QED) is 0.525. The van der Waals surface area contributed by atoms with E-state index in [9.17, 15) is 0 Å². The van der Waals surface area contributed by atoms with Gasteiger partial charge in [-0.25, -0.2) is 0 Å². The van der Waals surface area contributed by atoms with Crippen molar-refractivity contribution >= 4 is 9.68 Å². The molecule has 0 fully saturated rings. The van der Waals surface area contributed by atoms with Crippen molar-refractivity contribution in [2.45, 2.75) is 13.0 Å². The molecule has 1 aromatic heterocycles. The summed E-state index contributed by atoms with van der Waals surface area (Å²) in [7, 11) is 0.0266. The lowest BCUT2D eigenvalue weighted by Crippen LogP contribution is -2.36. The Hall–Kier alpha value is -0.573. The molecule has 0 atom stereocenters. The summed E-state index contributed by atoms with van der Waals surface area (Å²) in [6.07, 6.45) is 6.08. The molecular formula is C5H11N2Si+. The van der Waals surface area contributed by atoms with Gasteiger partial charge in [-0.3, -0.25) is 9.22 Å². The predicted molar refractivity (Wildman–Crippen MR) is 35.4 cm³/mol. The molecule has 1 aromatic rings. The van der Waals surface area contributed by atoms with E-state index in [-0.39, 0.29) is 9.68 Å². The molecule has 2 nitrogen and oxygen atoms in total. The van der Waals surface area contributed by atoms with Crippen LogP contribution in [0, 0.1) is 0 Å². The average Bonchev–Trinajstić information content (AvgIpc) is 2.19. The van der Waals surface area contributed by atoms with E-state index in [4.69, 9.17) is 0 Å². The molecule has 0 bridgehead atoms. The maximum atomic E-state index is 3.01. The van der Waals surface area contributed by atoms with Crippen LogP contribution in [0.3, 0.4) is 0 Å². The van der Waals surface area contributed by atoms with E-state index in [0.717, 1.165) is 0 Å². The largest absolute Gasteiger partial charge is 0.293 e. The number of hydrogen-bond donors (Lipinski definition) is 1. The molecule has 0 unspecified atom stereocenters. The second-order valence-corrected chi connectivity index (χ2v) is 4.03. The molecule has 0 aromatic carbocycles. The van der Waals surface area contributed by atoms with Crippen molar-refractivity contribution in [2.75, 3.05) is 0 Å². The zero-order valence-corrected chi connectivity index (χ0v) is 6.51. The average molecular weight is 127 g/mol. The van der Waals surface area contributed by atoms with Crippen molar-refractivity contribution in [3.63, 3.8) is 0 Å². The van der Waals surface area contributed by atoms with Crippen molar-refractivity contribution in [2.24, 2.45) is 0 Å². The molecule has 1 rings (SSSR count). The summed E-state index contributed by atoms with van der Waals surface area (Å²) in [6, 6.07) is 1.34. The summed E-state index contributed by atoms with van der Waals surface area (Å²) in [4.78, 5) is 3.01. The molecule has 0 aliphatic carbocycles. The van der Waals surface area contributed by atoms with Gasteiger partial charge in [0, 0.05) is 0 Å². The molecule has 3 heteroatoms. The van der Waals surface area contributed by atoms with Gasteiger partial charge < -0.3 is 0 Å². The molecule has 44 valence electrons. The highest BCUT2D eigenvalue weighted by Crippen LogP contribution is 1.69. The molecule has 8 heavy (non-hydrogen) atoms. The van der Waals surface area contributed by atoms with E-state index in [2.05, 4.69) is 22.3 Å². The number of rotatable bonds is 2. The highest BCUT2D eigenvalue weighted by atomic mass is 28.2. The predicted octanol–water partition coefficient (Wildman–Crippen LogP) is -0.328. The number of aromatic nitrogens is 2. The topological polar surface area (TPSA) is 19.7 Å². The van der Waals surface area contributed by atoms with Crippen molar-refractivity contribution in [3.8, 4) is 0 Å². The van der Waals surface area contributed by atoms with Crippen LogP contribution in [0.15, 0.2) is 18.7 Å². The van der Waals surface area contributed by atoms with Crippen molar-refractivity contribution in [1.29, 1.82) is 0 Å². The maximum Gasteiger partial charge on any atom is 0.235 e. The molecule has 0 amide bonds. The zero-order valence-electron chi connectivity index (χ0n) is 5.09. The number of nitrogens with one attached hydrogen (secondary N) is 1. The van der Waals surface area contributed by atoms with Gasteiger partial charge in [-0.2, -0.15) is 0 Å². The Morgan fingerprint density at radius 3 is 3.12 bits per heavy atom. The Morgan fingerprint density at radius 1 is 1.75 bits per heavy atom.